The van der Waals surface area contributed by atoms with Crippen molar-refractivity contribution in [1.82, 2.24) is 5.32 Å². The molecule has 0 saturated heterocycles. The third kappa shape index (κ3) is 17.0. The van der Waals surface area contributed by atoms with Gasteiger partial charge in [-0.25, -0.2) is 0 Å². The summed E-state index contributed by atoms with van der Waals surface area (Å²) in [4.78, 5) is 11.6. The van der Waals surface area contributed by atoms with Gasteiger partial charge in [-0.3, -0.25) is 9.35 Å². The quantitative estimate of drug-likeness (QED) is 0.125. The standard InChI is InChI=1S/C20H41NO8S/c1-2-3-5-9-16(22)10-6-4-7-11-17(23)12-8-13-18(24)19(25)20(26)21-14-15-30(27,28)29/h16-19,22-25H,2-15H2,1H3,(H,21,26)(H,27,28,29)/t16-,17+,18+,19-/m0/s1. The normalized spacial score (nSPS) is 16.1. The predicted molar refractivity (Wildman–Crippen MR) is 115 cm³/mol. The van der Waals surface area contributed by atoms with Crippen molar-refractivity contribution in [1.29, 1.82) is 0 Å². The van der Waals surface area contributed by atoms with Crippen LogP contribution in [0.25, 0.3) is 0 Å². The fraction of sp³-hybridized carbons (Fsp3) is 0.950. The third-order valence-corrected chi connectivity index (χ3v) is 5.77. The van der Waals surface area contributed by atoms with E-state index in [1.807, 2.05) is 0 Å². The van der Waals surface area contributed by atoms with E-state index >= 15 is 0 Å². The Morgan fingerprint density at radius 3 is 1.80 bits per heavy atom. The van der Waals surface area contributed by atoms with Gasteiger partial charge in [0.05, 0.1) is 24.1 Å². The number of unbranched alkanes of at least 4 members (excludes halogenated alkanes) is 4. The zero-order chi connectivity index (χ0) is 23.0. The minimum absolute atomic E-state index is 0.119. The Labute approximate surface area is 180 Å². The van der Waals surface area contributed by atoms with Gasteiger partial charge in [-0.15, -0.1) is 0 Å². The molecule has 6 N–H and O–H groups in total. The van der Waals surface area contributed by atoms with Crippen molar-refractivity contribution in [3.05, 3.63) is 0 Å². The number of hydrogen-bond acceptors (Lipinski definition) is 7. The zero-order valence-electron chi connectivity index (χ0n) is 18.1. The Hall–Kier alpha value is -0.780. The summed E-state index contributed by atoms with van der Waals surface area (Å²) in [6.07, 6.45) is 5.53. The smallest absolute Gasteiger partial charge is 0.266 e. The van der Waals surface area contributed by atoms with Gasteiger partial charge < -0.3 is 25.7 Å². The molecule has 0 fully saturated rings. The maximum atomic E-state index is 11.6. The van der Waals surface area contributed by atoms with Gasteiger partial charge in [0.15, 0.2) is 6.10 Å². The van der Waals surface area contributed by atoms with Crippen LogP contribution in [0.2, 0.25) is 0 Å². The molecule has 0 aromatic carbocycles. The van der Waals surface area contributed by atoms with Crippen molar-refractivity contribution in [2.75, 3.05) is 12.3 Å². The first-order chi connectivity index (χ1) is 14.1. The molecule has 9 nitrogen and oxygen atoms in total. The molecule has 1 amide bonds. The van der Waals surface area contributed by atoms with Crippen LogP contribution >= 0.6 is 0 Å². The van der Waals surface area contributed by atoms with E-state index in [2.05, 4.69) is 12.2 Å². The number of rotatable bonds is 19. The molecule has 0 bridgehead atoms. The first-order valence-electron chi connectivity index (χ1n) is 11.0. The highest BCUT2D eigenvalue weighted by atomic mass is 32.2. The highest BCUT2D eigenvalue weighted by molar-refractivity contribution is 7.85. The minimum Gasteiger partial charge on any atom is -0.393 e. The van der Waals surface area contributed by atoms with Crippen LogP contribution in [0.3, 0.4) is 0 Å². The van der Waals surface area contributed by atoms with Gasteiger partial charge >= 0.3 is 0 Å². The second-order valence-electron chi connectivity index (χ2n) is 7.96. The van der Waals surface area contributed by atoms with Gasteiger partial charge in [0.25, 0.3) is 16.0 Å². The lowest BCUT2D eigenvalue weighted by atomic mass is 10.00. The topological polar surface area (TPSA) is 164 Å². The largest absolute Gasteiger partial charge is 0.393 e. The van der Waals surface area contributed by atoms with Crippen LogP contribution in [0.4, 0.5) is 0 Å². The summed E-state index contributed by atoms with van der Waals surface area (Å²) in [5, 5.41) is 41.6. The van der Waals surface area contributed by atoms with Gasteiger partial charge in [0.1, 0.15) is 0 Å². The van der Waals surface area contributed by atoms with Gasteiger partial charge in [0, 0.05) is 6.54 Å². The molecular weight excluding hydrogens is 414 g/mol. The van der Waals surface area contributed by atoms with Gasteiger partial charge in [-0.2, -0.15) is 8.42 Å². The molecule has 0 rings (SSSR count). The number of aliphatic hydroxyl groups is 4. The van der Waals surface area contributed by atoms with E-state index in [-0.39, 0.29) is 19.1 Å². The van der Waals surface area contributed by atoms with E-state index in [1.54, 1.807) is 0 Å². The highest BCUT2D eigenvalue weighted by Crippen LogP contribution is 2.15. The SMILES string of the molecule is CCCCC[C@H](O)CCCCC[C@@H](O)CCC[C@@H](O)[C@H](O)C(=O)NCCS(=O)(=O)O. The first-order valence-corrected chi connectivity index (χ1v) is 12.6. The van der Waals surface area contributed by atoms with E-state index in [4.69, 9.17) is 4.55 Å². The summed E-state index contributed by atoms with van der Waals surface area (Å²) < 4.78 is 29.7. The van der Waals surface area contributed by atoms with Gasteiger partial charge in [0.2, 0.25) is 0 Å². The molecule has 0 saturated carbocycles. The van der Waals surface area contributed by atoms with Crippen LogP contribution in [0.15, 0.2) is 0 Å². The fourth-order valence-electron chi connectivity index (χ4n) is 3.16. The van der Waals surface area contributed by atoms with Crippen LogP contribution in [0.5, 0.6) is 0 Å². The van der Waals surface area contributed by atoms with Gasteiger partial charge in [-0.1, -0.05) is 45.4 Å². The van der Waals surface area contributed by atoms with Gasteiger partial charge in [-0.05, 0) is 38.5 Å². The molecule has 30 heavy (non-hydrogen) atoms. The van der Waals surface area contributed by atoms with E-state index in [1.165, 1.54) is 0 Å². The summed E-state index contributed by atoms with van der Waals surface area (Å²) in [6, 6.07) is 0. The number of carbonyl (C=O) groups excluding carboxylic acids is 1. The average molecular weight is 456 g/mol. The Morgan fingerprint density at radius 2 is 1.30 bits per heavy atom. The molecule has 10 heteroatoms. The molecule has 0 aliphatic carbocycles. The van der Waals surface area contributed by atoms with Crippen LogP contribution < -0.4 is 5.32 Å². The molecule has 0 aromatic heterocycles. The minimum atomic E-state index is -4.21. The second kappa shape index (κ2) is 16.9. The van der Waals surface area contributed by atoms with Crippen molar-refractivity contribution in [2.45, 2.75) is 108 Å². The van der Waals surface area contributed by atoms with Crippen LogP contribution in [-0.2, 0) is 14.9 Å². The monoisotopic (exact) mass is 455 g/mol. The average Bonchev–Trinajstić information content (AvgIpc) is 2.66. The molecular formula is C20H41NO8S. The molecule has 4 atom stereocenters. The summed E-state index contributed by atoms with van der Waals surface area (Å²) in [7, 11) is -4.21. The zero-order valence-corrected chi connectivity index (χ0v) is 18.9. The molecule has 0 heterocycles. The Balaban J connectivity index is 3.78. The molecule has 0 aromatic rings. The van der Waals surface area contributed by atoms with E-state index in [0.29, 0.717) is 19.3 Å². The van der Waals surface area contributed by atoms with Crippen LogP contribution in [-0.4, -0.2) is 76.0 Å². The molecule has 0 aliphatic rings. The maximum absolute atomic E-state index is 11.6. The lowest BCUT2D eigenvalue weighted by Crippen LogP contribution is -2.43. The summed E-state index contributed by atoms with van der Waals surface area (Å²) in [6.45, 7) is 1.77. The van der Waals surface area contributed by atoms with Crippen molar-refractivity contribution in [3.8, 4) is 0 Å². The summed E-state index contributed by atoms with van der Waals surface area (Å²) in [5.74, 6) is -1.59. The fourth-order valence-corrected chi connectivity index (χ4v) is 3.52. The van der Waals surface area contributed by atoms with E-state index < -0.39 is 40.1 Å². The molecule has 0 radical (unpaired) electrons. The maximum Gasteiger partial charge on any atom is 0.266 e. The van der Waals surface area contributed by atoms with Crippen LogP contribution in [0, 0.1) is 0 Å². The van der Waals surface area contributed by atoms with E-state index in [9.17, 15) is 33.6 Å². The summed E-state index contributed by atoms with van der Waals surface area (Å²) in [5.41, 5.74) is 0. The predicted octanol–water partition coefficient (Wildman–Crippen LogP) is 1.14. The Kier molecular flexibility index (Phi) is 16.4. The lowest BCUT2D eigenvalue weighted by Gasteiger charge is -2.18. The number of carbonyl (C=O) groups is 1. The third-order valence-electron chi connectivity index (χ3n) is 5.05. The molecule has 0 aliphatic heterocycles. The summed E-state index contributed by atoms with van der Waals surface area (Å²) >= 11 is 0. The first kappa shape index (κ1) is 29.2. The van der Waals surface area contributed by atoms with Crippen molar-refractivity contribution < 1.29 is 38.2 Å². The number of nitrogens with one attached hydrogen (secondary N) is 1. The molecule has 0 spiro atoms. The Morgan fingerprint density at radius 1 is 0.800 bits per heavy atom. The van der Waals surface area contributed by atoms with Crippen molar-refractivity contribution in [2.24, 2.45) is 0 Å². The molecule has 0 unspecified atom stereocenters. The van der Waals surface area contributed by atoms with E-state index in [0.717, 1.165) is 51.4 Å². The lowest BCUT2D eigenvalue weighted by molar-refractivity contribution is -0.135. The number of hydrogen-bond donors (Lipinski definition) is 6. The van der Waals surface area contributed by atoms with Crippen LogP contribution in [0.1, 0.15) is 84.0 Å². The highest BCUT2D eigenvalue weighted by Gasteiger charge is 2.24. The van der Waals surface area contributed by atoms with Crippen molar-refractivity contribution in [3.63, 3.8) is 0 Å². The second-order valence-corrected chi connectivity index (χ2v) is 9.53. The number of amides is 1. The Bertz CT molecular complexity index is 543. The van der Waals surface area contributed by atoms with Crippen molar-refractivity contribution >= 4 is 16.0 Å². The molecule has 180 valence electrons. The number of aliphatic hydroxyl groups excluding tert-OH is 4.